The highest BCUT2D eigenvalue weighted by molar-refractivity contribution is 6.37. The van der Waals surface area contributed by atoms with Gasteiger partial charge < -0.3 is 15.2 Å². The molecule has 1 aromatic carbocycles. The molecule has 2 aromatic rings. The fourth-order valence-corrected chi connectivity index (χ4v) is 3.84. The highest BCUT2D eigenvalue weighted by Gasteiger charge is 2.27. The summed E-state index contributed by atoms with van der Waals surface area (Å²) in [6.45, 7) is 1.57. The Morgan fingerprint density at radius 1 is 1.17 bits per heavy atom. The molecule has 0 fully saturated rings. The number of aliphatic hydroxyl groups is 1. The first-order valence-corrected chi connectivity index (χ1v) is 9.72. The van der Waals surface area contributed by atoms with Crippen LogP contribution in [0.1, 0.15) is 30.9 Å². The molecule has 152 valence electrons. The second-order valence-corrected chi connectivity index (χ2v) is 7.58. The van der Waals surface area contributed by atoms with E-state index < -0.39 is 12.3 Å². The van der Waals surface area contributed by atoms with E-state index in [-0.39, 0.29) is 27.2 Å². The molecule has 1 aliphatic carbocycles. The van der Waals surface area contributed by atoms with Gasteiger partial charge in [0.2, 0.25) is 5.88 Å². The molecular formula is C18H17Cl2N5O4. The Morgan fingerprint density at radius 3 is 2.52 bits per heavy atom. The van der Waals surface area contributed by atoms with E-state index in [1.54, 1.807) is 6.92 Å². The second kappa shape index (κ2) is 7.66. The van der Waals surface area contributed by atoms with Crippen LogP contribution in [0, 0.1) is 0 Å². The van der Waals surface area contributed by atoms with Crippen molar-refractivity contribution >= 4 is 40.6 Å². The zero-order valence-electron chi connectivity index (χ0n) is 15.3. The number of rotatable bonds is 3. The number of urea groups is 1. The minimum absolute atomic E-state index is 0.136. The van der Waals surface area contributed by atoms with Crippen molar-refractivity contribution in [2.45, 2.75) is 38.8 Å². The van der Waals surface area contributed by atoms with E-state index in [1.807, 2.05) is 0 Å². The maximum absolute atomic E-state index is 12.1. The molecule has 3 N–H and O–H groups in total. The summed E-state index contributed by atoms with van der Waals surface area (Å²) < 4.78 is 5.86. The summed E-state index contributed by atoms with van der Waals surface area (Å²) >= 11 is 12.7. The van der Waals surface area contributed by atoms with Crippen molar-refractivity contribution in [3.05, 3.63) is 43.7 Å². The third kappa shape index (κ3) is 3.68. The molecule has 0 saturated heterocycles. The van der Waals surface area contributed by atoms with Gasteiger partial charge in [-0.1, -0.05) is 23.2 Å². The minimum atomic E-state index is -1.15. The average Bonchev–Trinajstić information content (AvgIpc) is 2.69. The molecular weight excluding hydrogens is 421 g/mol. The van der Waals surface area contributed by atoms with Gasteiger partial charge in [-0.05, 0) is 44.7 Å². The van der Waals surface area contributed by atoms with Crippen LogP contribution >= 0.6 is 23.2 Å². The fourth-order valence-electron chi connectivity index (χ4n) is 3.29. The molecule has 0 spiro atoms. The number of carbonyl (C=O) groups is 1. The van der Waals surface area contributed by atoms with Crippen molar-refractivity contribution in [1.29, 1.82) is 0 Å². The third-order valence-electron chi connectivity index (χ3n) is 4.79. The summed E-state index contributed by atoms with van der Waals surface area (Å²) in [6.07, 6.45) is 2.06. The van der Waals surface area contributed by atoms with Crippen LogP contribution in [-0.2, 0) is 12.8 Å². The van der Waals surface area contributed by atoms with Gasteiger partial charge >= 0.3 is 6.03 Å². The van der Waals surface area contributed by atoms with Crippen LogP contribution in [0.15, 0.2) is 22.0 Å². The van der Waals surface area contributed by atoms with Crippen molar-refractivity contribution in [3.63, 3.8) is 0 Å². The van der Waals surface area contributed by atoms with Gasteiger partial charge in [-0.15, -0.1) is 5.10 Å². The number of hydrazone groups is 1. The number of aromatic amines is 1. The summed E-state index contributed by atoms with van der Waals surface area (Å²) in [6, 6.07) is 2.31. The average molecular weight is 438 g/mol. The van der Waals surface area contributed by atoms with Gasteiger partial charge in [0.1, 0.15) is 0 Å². The van der Waals surface area contributed by atoms with Gasteiger partial charge in [0, 0.05) is 11.1 Å². The Morgan fingerprint density at radius 2 is 1.83 bits per heavy atom. The first-order chi connectivity index (χ1) is 13.8. The number of carbonyl (C=O) groups excluding carboxylic acids is 1. The number of aliphatic hydroxyl groups excluding tert-OH is 1. The van der Waals surface area contributed by atoms with Crippen LogP contribution in [0.25, 0.3) is 0 Å². The van der Waals surface area contributed by atoms with E-state index in [9.17, 15) is 14.7 Å². The van der Waals surface area contributed by atoms with Gasteiger partial charge in [0.05, 0.1) is 21.4 Å². The minimum Gasteiger partial charge on any atom is -0.434 e. The molecule has 0 saturated carbocycles. The Hall–Kier alpha value is -2.62. The smallest absolute Gasteiger partial charge is 0.344 e. The normalized spacial score (nSPS) is 18.8. The van der Waals surface area contributed by atoms with Crippen LogP contribution in [0.5, 0.6) is 11.6 Å². The summed E-state index contributed by atoms with van der Waals surface area (Å²) in [4.78, 5) is 24.1. The molecule has 11 heteroatoms. The van der Waals surface area contributed by atoms with E-state index in [2.05, 4.69) is 20.6 Å². The van der Waals surface area contributed by atoms with E-state index in [4.69, 9.17) is 27.9 Å². The molecule has 2 heterocycles. The number of hydrogen-bond donors (Lipinski definition) is 3. The highest BCUT2D eigenvalue weighted by atomic mass is 35.5. The van der Waals surface area contributed by atoms with Crippen LogP contribution < -0.4 is 20.6 Å². The standard InChI is InChI=1S/C18H17Cl2N5O4/c1-8-15(26)21-18(28)25(24-8)9-6-12(19)14(13(20)7-9)29-17-11-5-3-2-4-10(11)16(27)22-23-17/h6-7,15,26H,2-5H2,1H3,(H,21,28)(H,22,27). The lowest BCUT2D eigenvalue weighted by molar-refractivity contribution is 0.188. The largest absolute Gasteiger partial charge is 0.434 e. The first-order valence-electron chi connectivity index (χ1n) is 8.96. The number of fused-ring (bicyclic) bond motifs is 1. The van der Waals surface area contributed by atoms with E-state index >= 15 is 0 Å². The Labute approximate surface area is 175 Å². The molecule has 1 aromatic heterocycles. The van der Waals surface area contributed by atoms with Crippen molar-refractivity contribution in [2.75, 3.05) is 5.01 Å². The maximum Gasteiger partial charge on any atom is 0.344 e. The van der Waals surface area contributed by atoms with Crippen molar-refractivity contribution in [1.82, 2.24) is 15.5 Å². The molecule has 0 bridgehead atoms. The Bertz CT molecular complexity index is 1060. The summed E-state index contributed by atoms with van der Waals surface area (Å²) in [7, 11) is 0. The lowest BCUT2D eigenvalue weighted by Crippen LogP contribution is -2.51. The van der Waals surface area contributed by atoms with Gasteiger partial charge in [0.25, 0.3) is 5.56 Å². The van der Waals surface area contributed by atoms with Crippen LogP contribution in [0.3, 0.4) is 0 Å². The van der Waals surface area contributed by atoms with Crippen molar-refractivity contribution in [2.24, 2.45) is 5.10 Å². The lowest BCUT2D eigenvalue weighted by atomic mass is 9.94. The molecule has 4 rings (SSSR count). The number of hydrogen-bond acceptors (Lipinski definition) is 6. The lowest BCUT2D eigenvalue weighted by Gasteiger charge is -2.27. The van der Waals surface area contributed by atoms with Gasteiger partial charge in [-0.25, -0.2) is 9.89 Å². The number of ether oxygens (including phenoxy) is 1. The molecule has 1 atom stereocenters. The number of nitrogens with one attached hydrogen (secondary N) is 2. The van der Waals surface area contributed by atoms with Gasteiger partial charge in [-0.2, -0.15) is 10.1 Å². The zero-order chi connectivity index (χ0) is 20.7. The van der Waals surface area contributed by atoms with E-state index in [0.29, 0.717) is 29.8 Å². The number of anilines is 1. The number of nitrogens with zero attached hydrogens (tertiary/aromatic N) is 3. The SMILES string of the molecule is CC1=NN(c2cc(Cl)c(Oc3n[nH]c(=O)c4c3CCCC4)c(Cl)c2)C(=O)NC1O. The molecule has 2 aliphatic rings. The van der Waals surface area contributed by atoms with Crippen molar-refractivity contribution < 1.29 is 14.6 Å². The molecule has 0 radical (unpaired) electrons. The molecule has 1 unspecified atom stereocenters. The summed E-state index contributed by atoms with van der Waals surface area (Å²) in [5.41, 5.74) is 1.80. The number of aromatic nitrogens is 2. The molecule has 29 heavy (non-hydrogen) atoms. The Kier molecular flexibility index (Phi) is 5.20. The topological polar surface area (TPSA) is 120 Å². The second-order valence-electron chi connectivity index (χ2n) is 6.77. The molecule has 1 aliphatic heterocycles. The van der Waals surface area contributed by atoms with E-state index in [0.717, 1.165) is 23.4 Å². The predicted octanol–water partition coefficient (Wildman–Crippen LogP) is 2.97. The maximum atomic E-state index is 12.1. The van der Waals surface area contributed by atoms with Crippen LogP contribution in [0.2, 0.25) is 10.0 Å². The molecule has 2 amide bonds. The van der Waals surface area contributed by atoms with Gasteiger partial charge in [0.15, 0.2) is 12.0 Å². The number of H-pyrrole nitrogens is 1. The van der Waals surface area contributed by atoms with Gasteiger partial charge in [-0.3, -0.25) is 4.79 Å². The summed E-state index contributed by atoms with van der Waals surface area (Å²) in [5.74, 6) is 0.408. The number of halogens is 2. The first kappa shape index (κ1) is 19.7. The van der Waals surface area contributed by atoms with Crippen LogP contribution in [-0.4, -0.2) is 33.3 Å². The fraction of sp³-hybridized carbons (Fsp3) is 0.333. The number of amides is 2. The molecule has 9 nitrogen and oxygen atoms in total. The monoisotopic (exact) mass is 437 g/mol. The summed E-state index contributed by atoms with van der Waals surface area (Å²) in [5, 5.41) is 23.8. The van der Waals surface area contributed by atoms with E-state index in [1.165, 1.54) is 12.1 Å². The van der Waals surface area contributed by atoms with Crippen molar-refractivity contribution in [3.8, 4) is 11.6 Å². The number of benzene rings is 1. The quantitative estimate of drug-likeness (QED) is 0.681. The Balaban J connectivity index is 1.69. The van der Waals surface area contributed by atoms with Crippen LogP contribution in [0.4, 0.5) is 10.5 Å². The predicted molar refractivity (Wildman–Crippen MR) is 108 cm³/mol. The third-order valence-corrected chi connectivity index (χ3v) is 5.35. The zero-order valence-corrected chi connectivity index (χ0v) is 16.8. The highest BCUT2D eigenvalue weighted by Crippen LogP contribution is 2.41.